The molecule has 0 fully saturated rings. The largest absolute Gasteiger partial charge is 0.460 e. The average Bonchev–Trinajstić information content (AvgIpc) is 2.57. The van der Waals surface area contributed by atoms with Crippen molar-refractivity contribution in [1.29, 1.82) is 0 Å². The molecular weight excluding hydrogens is 509 g/mol. The van der Waals surface area contributed by atoms with Crippen LogP contribution < -0.4 is 0 Å². The van der Waals surface area contributed by atoms with Crippen molar-refractivity contribution in [2.75, 3.05) is 28.2 Å². The summed E-state index contributed by atoms with van der Waals surface area (Å²) in [6.07, 6.45) is -9.90. The van der Waals surface area contributed by atoms with Crippen molar-refractivity contribution < 1.29 is 65.9 Å². The van der Waals surface area contributed by atoms with Crippen LogP contribution in [0.2, 0.25) is 12.6 Å². The first-order chi connectivity index (χ1) is 13.6. The van der Waals surface area contributed by atoms with E-state index in [0.29, 0.717) is 0 Å². The Hall–Kier alpha value is -0.913. The summed E-state index contributed by atoms with van der Waals surface area (Å²) in [7, 11) is 1.85. The second-order valence-corrected chi connectivity index (χ2v) is 12.3. The van der Waals surface area contributed by atoms with E-state index < -0.39 is 62.6 Å². The van der Waals surface area contributed by atoms with Crippen molar-refractivity contribution >= 4 is 8.40 Å². The van der Waals surface area contributed by atoms with Gasteiger partial charge in [-0.3, -0.25) is 0 Å². The van der Waals surface area contributed by atoms with Gasteiger partial charge in [-0.25, -0.2) is 0 Å². The third-order valence-corrected chi connectivity index (χ3v) is 10.3. The molecule has 0 aliphatic heterocycles. The van der Waals surface area contributed by atoms with Gasteiger partial charge in [0, 0.05) is 6.42 Å². The molecule has 0 radical (unpaired) electrons. The van der Waals surface area contributed by atoms with E-state index in [1.165, 1.54) is 43.9 Å². The minimum absolute atomic E-state index is 1.04. The summed E-state index contributed by atoms with van der Waals surface area (Å²) in [4.78, 5) is 0. The first-order valence-electron chi connectivity index (χ1n) is 8.28. The molecule has 0 spiro atoms. The third-order valence-electron chi connectivity index (χ3n) is 5.23. The van der Waals surface area contributed by atoms with Crippen LogP contribution >= 0.6 is 0 Å². The lowest BCUT2D eigenvalue weighted by Crippen LogP contribution is -2.72. The highest BCUT2D eigenvalue weighted by Gasteiger charge is 2.93. The Balaban J connectivity index is 6.37. The number of rotatable bonds is 10. The zero-order valence-electron chi connectivity index (χ0n) is 17.0. The summed E-state index contributed by atoms with van der Waals surface area (Å²) >= 11 is 0. The van der Waals surface area contributed by atoms with Crippen LogP contribution in [0.5, 0.6) is 0 Å². The van der Waals surface area contributed by atoms with E-state index in [9.17, 15) is 65.9 Å². The monoisotopic (exact) mass is 528 g/mol. The number of hydrogen-bond donors (Lipinski definition) is 0. The number of alkyl halides is 15. The van der Waals surface area contributed by atoms with Gasteiger partial charge in [-0.2, -0.15) is 65.9 Å². The average molecular weight is 528 g/mol. The van der Waals surface area contributed by atoms with Gasteiger partial charge in [0.25, 0.3) is 0 Å². The molecule has 0 heterocycles. The van der Waals surface area contributed by atoms with Gasteiger partial charge in [0.1, 0.15) is 0 Å². The van der Waals surface area contributed by atoms with Gasteiger partial charge in [-0.05, 0) is 40.8 Å². The summed E-state index contributed by atoms with van der Waals surface area (Å²) in [5, 5.41) is 0. The fourth-order valence-corrected chi connectivity index (χ4v) is 4.88. The van der Waals surface area contributed by atoms with Crippen LogP contribution in [-0.2, 0) is 0 Å². The standard InChI is InChI=1S/C14H19F15N2Si/c1-30(2)32(5,31(3)4)7-6-8(15,16)9(17,18)10(19,20)11(21,22)12(23,24)13(25,26)14(27,28)29/h6-7H2,1-5H3. The van der Waals surface area contributed by atoms with E-state index in [-0.39, 0.29) is 0 Å². The molecule has 0 rings (SSSR count). The van der Waals surface area contributed by atoms with Crippen molar-refractivity contribution in [2.24, 2.45) is 0 Å². The molecule has 0 bridgehead atoms. The second kappa shape index (κ2) is 8.39. The summed E-state index contributed by atoms with van der Waals surface area (Å²) in [6, 6.07) is -1.04. The SMILES string of the molecule is CN(C)[Si](C)(CCC(F)(F)C(F)(F)C(F)(F)C(F)(F)C(F)(F)C(F)(F)C(F)(F)F)N(C)C. The zero-order chi connectivity index (χ0) is 26.6. The Morgan fingerprint density at radius 2 is 0.781 bits per heavy atom. The van der Waals surface area contributed by atoms with E-state index >= 15 is 0 Å². The van der Waals surface area contributed by atoms with Crippen LogP contribution in [0.15, 0.2) is 0 Å². The fraction of sp³-hybridized carbons (Fsp3) is 1.00. The lowest BCUT2D eigenvalue weighted by atomic mass is 9.90. The molecule has 0 aromatic carbocycles. The molecule has 0 N–H and O–H groups in total. The van der Waals surface area contributed by atoms with E-state index in [4.69, 9.17) is 0 Å². The van der Waals surface area contributed by atoms with Gasteiger partial charge >= 0.3 is 41.7 Å². The third kappa shape index (κ3) is 4.42. The highest BCUT2D eigenvalue weighted by molar-refractivity contribution is 6.73. The van der Waals surface area contributed by atoms with Gasteiger partial charge in [-0.1, -0.05) is 0 Å². The molecule has 18 heteroatoms. The summed E-state index contributed by atoms with van der Waals surface area (Å²) in [5.41, 5.74) is 0. The van der Waals surface area contributed by atoms with E-state index in [0.717, 1.165) is 0 Å². The Morgan fingerprint density at radius 1 is 0.500 bits per heavy atom. The van der Waals surface area contributed by atoms with Crippen LogP contribution in [0.25, 0.3) is 0 Å². The van der Waals surface area contributed by atoms with Crippen LogP contribution in [0.3, 0.4) is 0 Å². The molecule has 0 aliphatic rings. The second-order valence-electron chi connectivity index (χ2n) is 7.58. The highest BCUT2D eigenvalue weighted by atomic mass is 28.3. The Labute approximate surface area is 173 Å². The predicted molar refractivity (Wildman–Crippen MR) is 84.2 cm³/mol. The molecule has 194 valence electrons. The highest BCUT2D eigenvalue weighted by Crippen LogP contribution is 2.62. The van der Waals surface area contributed by atoms with Gasteiger partial charge in [0.15, 0.2) is 0 Å². The molecule has 0 aliphatic carbocycles. The molecule has 0 amide bonds. The van der Waals surface area contributed by atoms with Crippen LogP contribution in [0, 0.1) is 0 Å². The Bertz CT molecular complexity index is 649. The molecule has 0 aromatic heterocycles. The molecule has 2 nitrogen and oxygen atoms in total. The Kier molecular flexibility index (Phi) is 8.15. The minimum atomic E-state index is -8.24. The topological polar surface area (TPSA) is 6.48 Å². The maximum atomic E-state index is 14.0. The number of hydrogen-bond acceptors (Lipinski definition) is 2. The summed E-state index contributed by atoms with van der Waals surface area (Å²) < 4.78 is 200. The van der Waals surface area contributed by atoms with Crippen molar-refractivity contribution in [3.8, 4) is 0 Å². The molecule has 0 atom stereocenters. The molecule has 0 aromatic rings. The molecule has 0 unspecified atom stereocenters. The van der Waals surface area contributed by atoms with Crippen molar-refractivity contribution in [3.05, 3.63) is 0 Å². The minimum Gasteiger partial charge on any atom is -0.317 e. The van der Waals surface area contributed by atoms with E-state index in [2.05, 4.69) is 0 Å². The van der Waals surface area contributed by atoms with Crippen LogP contribution in [-0.4, -0.2) is 87.4 Å². The maximum Gasteiger partial charge on any atom is 0.460 e. The smallest absolute Gasteiger partial charge is 0.317 e. The first kappa shape index (κ1) is 31.1. The lowest BCUT2D eigenvalue weighted by molar-refractivity contribution is -0.452. The van der Waals surface area contributed by atoms with Crippen molar-refractivity contribution in [1.82, 2.24) is 9.13 Å². The maximum absolute atomic E-state index is 14.0. The predicted octanol–water partition coefficient (Wildman–Crippen LogP) is 5.95. The van der Waals surface area contributed by atoms with Gasteiger partial charge in [-0.15, -0.1) is 0 Å². The Morgan fingerprint density at radius 3 is 1.06 bits per heavy atom. The number of nitrogens with zero attached hydrogens (tertiary/aromatic N) is 2. The van der Waals surface area contributed by atoms with E-state index in [1.807, 2.05) is 0 Å². The molecule has 0 saturated heterocycles. The summed E-state index contributed by atoms with van der Waals surface area (Å²) in [5.74, 6) is -46.1. The van der Waals surface area contributed by atoms with Crippen LogP contribution in [0.4, 0.5) is 65.9 Å². The van der Waals surface area contributed by atoms with Crippen molar-refractivity contribution in [2.45, 2.75) is 60.7 Å². The molecular formula is C14H19F15N2Si. The fourth-order valence-electron chi connectivity index (χ4n) is 2.40. The normalized spacial score (nSPS) is 16.3. The summed E-state index contributed by atoms with van der Waals surface area (Å²) in [6.45, 7) is 1.26. The first-order valence-corrected chi connectivity index (χ1v) is 10.9. The van der Waals surface area contributed by atoms with E-state index in [1.54, 1.807) is 0 Å². The quantitative estimate of drug-likeness (QED) is 0.256. The van der Waals surface area contributed by atoms with Gasteiger partial charge in [0.05, 0.1) is 0 Å². The van der Waals surface area contributed by atoms with Gasteiger partial charge < -0.3 is 9.13 Å². The van der Waals surface area contributed by atoms with Crippen molar-refractivity contribution in [3.63, 3.8) is 0 Å². The molecule has 32 heavy (non-hydrogen) atoms. The zero-order valence-corrected chi connectivity index (χ0v) is 18.0. The van der Waals surface area contributed by atoms with Crippen LogP contribution in [0.1, 0.15) is 6.42 Å². The lowest BCUT2D eigenvalue weighted by Gasteiger charge is -2.43. The number of halogens is 15. The molecule has 0 saturated carbocycles. The van der Waals surface area contributed by atoms with Gasteiger partial charge in [0.2, 0.25) is 8.40 Å².